The number of cyclic esters (lactones) is 1. The third kappa shape index (κ3) is 7.28. The van der Waals surface area contributed by atoms with Gasteiger partial charge in [0.1, 0.15) is 25.6 Å². The van der Waals surface area contributed by atoms with Gasteiger partial charge in [-0.3, -0.25) is 9.00 Å². The van der Waals surface area contributed by atoms with E-state index in [2.05, 4.69) is 22.8 Å². The third-order valence-corrected chi connectivity index (χ3v) is 14.5. The number of hydrogen-bond donors (Lipinski definition) is 2. The van der Waals surface area contributed by atoms with Crippen LogP contribution in [0.25, 0.3) is 33.4 Å². The van der Waals surface area contributed by atoms with Crippen molar-refractivity contribution in [2.45, 2.75) is 63.8 Å². The smallest absolute Gasteiger partial charge is 0.457 e. The number of pyridine rings is 2. The summed E-state index contributed by atoms with van der Waals surface area (Å²) in [6.45, 7) is 3.24. The molecule has 2 aliphatic carbocycles. The van der Waals surface area contributed by atoms with Gasteiger partial charge in [-0.2, -0.15) is 0 Å². The zero-order valence-corrected chi connectivity index (χ0v) is 36.3. The van der Waals surface area contributed by atoms with Crippen molar-refractivity contribution in [3.05, 3.63) is 121 Å². The van der Waals surface area contributed by atoms with Crippen molar-refractivity contribution in [3.8, 4) is 22.5 Å². The summed E-state index contributed by atoms with van der Waals surface area (Å²) in [6, 6.07) is 18.5. The van der Waals surface area contributed by atoms with Crippen LogP contribution in [-0.2, 0) is 64.6 Å². The van der Waals surface area contributed by atoms with Crippen molar-refractivity contribution in [2.24, 2.45) is 0 Å². The summed E-state index contributed by atoms with van der Waals surface area (Å²) < 4.78 is 51.1. The summed E-state index contributed by atoms with van der Waals surface area (Å²) >= 11 is 0. The first kappa shape index (κ1) is 42.3. The van der Waals surface area contributed by atoms with Crippen LogP contribution in [0.4, 0.5) is 18.8 Å². The Morgan fingerprint density at radius 2 is 1.69 bits per heavy atom. The van der Waals surface area contributed by atoms with Gasteiger partial charge >= 0.3 is 24.3 Å². The van der Waals surface area contributed by atoms with Gasteiger partial charge in [0.15, 0.2) is 0 Å². The highest BCUT2D eigenvalue weighted by Gasteiger charge is 2.51. The molecule has 10 rings (SSSR count). The Labute approximate surface area is 373 Å². The maximum absolute atomic E-state index is 15.6. The number of rotatable bonds is 9. The lowest BCUT2D eigenvalue weighted by atomic mass is 9.81. The molecule has 5 heterocycles. The fourth-order valence-electron chi connectivity index (χ4n) is 9.96. The molecule has 0 radical (unpaired) electrons. The number of hydroxylamine groups is 2. The van der Waals surface area contributed by atoms with E-state index < -0.39 is 58.1 Å². The number of fused-ring (bicyclic) bond motifs is 8. The van der Waals surface area contributed by atoms with Crippen LogP contribution in [0.3, 0.4) is 0 Å². The number of ether oxygens (including phenoxy) is 4. The van der Waals surface area contributed by atoms with Gasteiger partial charge in [0, 0.05) is 63.9 Å². The highest BCUT2D eigenvalue weighted by atomic mass is 32.2. The van der Waals surface area contributed by atoms with Crippen molar-refractivity contribution in [3.63, 3.8) is 0 Å². The molecule has 1 fully saturated rings. The number of carbonyl (C=O) groups excluding carboxylic acids is 4. The highest BCUT2D eigenvalue weighted by Crippen LogP contribution is 2.48. The van der Waals surface area contributed by atoms with Crippen LogP contribution in [-0.4, -0.2) is 87.5 Å². The lowest BCUT2D eigenvalue weighted by molar-refractivity contribution is -0.175. The Hall–Kier alpha value is -6.66. The number of alkyl carbamates (subject to hydrolysis) is 1. The van der Waals surface area contributed by atoms with Gasteiger partial charge in [-0.1, -0.05) is 55.5 Å². The minimum Gasteiger partial charge on any atom is -0.457 e. The van der Waals surface area contributed by atoms with E-state index in [9.17, 15) is 28.2 Å². The number of amides is 2. The number of nitrogens with zero attached hydrogens (tertiary/aromatic N) is 3. The fraction of sp³-hybridized carbons (Fsp3) is 0.362. The Morgan fingerprint density at radius 1 is 0.969 bits per heavy atom. The van der Waals surface area contributed by atoms with Gasteiger partial charge in [-0.15, -0.1) is 5.06 Å². The SMILES string of the molecule is CC[C@@]1(OC(=O)OCCNC(=O)ON2CCS(=O)CC2)C(=O)OCc2c1cc1n(c2=O)Cc2c-1nc1cc(F)c(C)c3c1c2[C@@H](NC(=O)OCC1c2ccccc2-c2ccccc21)CC3. The minimum absolute atomic E-state index is 0.0520. The molecule has 5 aromatic rings. The number of nitrogens with one attached hydrogen (secondary N) is 2. The van der Waals surface area contributed by atoms with Crippen molar-refractivity contribution >= 4 is 46.0 Å². The second-order valence-electron chi connectivity index (χ2n) is 16.6. The first-order chi connectivity index (χ1) is 31.4. The standard InChI is InChI=1S/C47H44FN5O11S/c1-3-47(63-46(58)60-17-14-49-44(56)64-52-15-18-65(59)19-16-52)34-20-38-41-31(22-53(38)42(54)33(34)24-61-43(47)55)40-36(13-12-26-25(2)35(48)21-37(50-41)39(26)40)51-45(57)62-23-32-29-10-6-4-8-27(29)28-9-5-7-11-30(28)32/h4-11,20-21,32,36H,3,12-19,22-24H2,1-2H3,(H,49,56)(H,51,57)/t36-,47-/m0/s1. The second kappa shape index (κ2) is 16.7. The molecule has 0 bridgehead atoms. The molecule has 1 saturated heterocycles. The maximum Gasteiger partial charge on any atom is 0.509 e. The van der Waals surface area contributed by atoms with Gasteiger partial charge in [-0.25, -0.2) is 28.6 Å². The maximum atomic E-state index is 15.6. The number of carbonyl (C=O) groups is 4. The molecule has 2 amide bonds. The van der Waals surface area contributed by atoms with Gasteiger partial charge in [-0.05, 0) is 71.2 Å². The van der Waals surface area contributed by atoms with Crippen molar-refractivity contribution in [1.82, 2.24) is 25.2 Å². The molecule has 65 heavy (non-hydrogen) atoms. The van der Waals surface area contributed by atoms with Crippen LogP contribution in [0.1, 0.15) is 76.2 Å². The molecule has 0 saturated carbocycles. The average Bonchev–Trinajstić information content (AvgIpc) is 3.84. The predicted octanol–water partition coefficient (Wildman–Crippen LogP) is 5.92. The van der Waals surface area contributed by atoms with Gasteiger partial charge in [0.05, 0.1) is 41.6 Å². The number of esters is 1. The highest BCUT2D eigenvalue weighted by molar-refractivity contribution is 7.85. The molecule has 5 aliphatic rings. The van der Waals surface area contributed by atoms with Gasteiger partial charge in [0.25, 0.3) is 5.56 Å². The van der Waals surface area contributed by atoms with Crippen LogP contribution in [0.15, 0.2) is 65.5 Å². The van der Waals surface area contributed by atoms with Gasteiger partial charge in [0.2, 0.25) is 5.60 Å². The molecule has 16 nitrogen and oxygen atoms in total. The van der Waals surface area contributed by atoms with Crippen molar-refractivity contribution < 1.29 is 51.6 Å². The fourth-order valence-corrected chi connectivity index (χ4v) is 11.0. The minimum atomic E-state index is -2.08. The second-order valence-corrected chi connectivity index (χ2v) is 18.3. The monoisotopic (exact) mass is 905 g/mol. The summed E-state index contributed by atoms with van der Waals surface area (Å²) in [6.07, 6.45) is -1.92. The van der Waals surface area contributed by atoms with E-state index in [1.165, 1.54) is 15.7 Å². The topological polar surface area (TPSA) is 194 Å². The Kier molecular flexibility index (Phi) is 10.9. The molecule has 3 aliphatic heterocycles. The van der Waals surface area contributed by atoms with E-state index in [1.54, 1.807) is 19.9 Å². The van der Waals surface area contributed by atoms with E-state index in [4.69, 9.17) is 28.8 Å². The molecule has 336 valence electrons. The normalized spacial score (nSPS) is 19.6. The zero-order chi connectivity index (χ0) is 45.1. The average molecular weight is 906 g/mol. The van der Waals surface area contributed by atoms with Crippen LogP contribution < -0.4 is 16.2 Å². The summed E-state index contributed by atoms with van der Waals surface area (Å²) in [5.41, 5.74) is 5.54. The summed E-state index contributed by atoms with van der Waals surface area (Å²) in [5, 5.41) is 7.65. The Morgan fingerprint density at radius 3 is 2.42 bits per heavy atom. The predicted molar refractivity (Wildman–Crippen MR) is 233 cm³/mol. The van der Waals surface area contributed by atoms with Crippen LogP contribution in [0, 0.1) is 12.7 Å². The quantitative estimate of drug-likeness (QED) is 0.0988. The number of aromatic nitrogens is 2. The number of benzene rings is 3. The molecule has 2 N–H and O–H groups in total. The molecule has 0 spiro atoms. The molecule has 3 aromatic carbocycles. The van der Waals surface area contributed by atoms with Crippen molar-refractivity contribution in [2.75, 3.05) is 44.4 Å². The zero-order valence-electron chi connectivity index (χ0n) is 35.5. The van der Waals surface area contributed by atoms with Crippen LogP contribution >= 0.6 is 0 Å². The summed E-state index contributed by atoms with van der Waals surface area (Å²) in [7, 11) is -0.952. The third-order valence-electron chi connectivity index (χ3n) is 13.2. The van der Waals surface area contributed by atoms with Crippen LogP contribution in [0.5, 0.6) is 0 Å². The number of halogens is 1. The van der Waals surface area contributed by atoms with Crippen LogP contribution in [0.2, 0.25) is 0 Å². The summed E-state index contributed by atoms with van der Waals surface area (Å²) in [4.78, 5) is 77.5. The lowest BCUT2D eigenvalue weighted by Crippen LogP contribution is -2.47. The van der Waals surface area contributed by atoms with E-state index in [0.29, 0.717) is 76.4 Å². The molecule has 18 heteroatoms. The molecular formula is C47H44FN5O11S. The van der Waals surface area contributed by atoms with E-state index in [-0.39, 0.29) is 56.4 Å². The largest absolute Gasteiger partial charge is 0.509 e. The van der Waals surface area contributed by atoms with E-state index in [0.717, 1.165) is 27.8 Å². The van der Waals surface area contributed by atoms with Gasteiger partial charge < -0.3 is 39.0 Å². The Balaban J connectivity index is 0.919. The summed E-state index contributed by atoms with van der Waals surface area (Å²) in [5.74, 6) is -0.740. The molecule has 2 aromatic heterocycles. The van der Waals surface area contributed by atoms with Crippen molar-refractivity contribution in [1.29, 1.82) is 0 Å². The lowest BCUT2D eigenvalue weighted by Gasteiger charge is -2.35. The number of hydrogen-bond acceptors (Lipinski definition) is 13. The number of aryl methyl sites for hydroxylation is 1. The van der Waals surface area contributed by atoms with E-state index in [1.807, 2.05) is 36.4 Å². The molecular weight excluding hydrogens is 862 g/mol. The first-order valence-electron chi connectivity index (χ1n) is 21.6. The first-order valence-corrected chi connectivity index (χ1v) is 23.1. The Bertz CT molecular complexity index is 2890. The molecule has 2 atom stereocenters. The molecule has 0 unspecified atom stereocenters. The van der Waals surface area contributed by atoms with E-state index >= 15 is 4.39 Å².